The third kappa shape index (κ3) is 4.16. The molecule has 2 aliphatic rings. The fourth-order valence-electron chi connectivity index (χ4n) is 3.58. The number of nitrogens with zero attached hydrogens (tertiary/aromatic N) is 2. The molecule has 1 aromatic carbocycles. The first-order valence-corrected chi connectivity index (χ1v) is 9.86. The molecule has 25 heavy (non-hydrogen) atoms. The molecule has 2 heterocycles. The van der Waals surface area contributed by atoms with Crippen molar-refractivity contribution < 1.29 is 13.2 Å². The standard InChI is InChI=1S/C17H25N3O3S.ClH/c1-19(2)24(22,23)16-5-3-13(4-6-16)17(21)20-9-7-14-11-18-12-15(14)8-10-20;/h3-6,14-15,18H,7-12H2,1-2H3;1H/t14-,15+;. The summed E-state index contributed by atoms with van der Waals surface area (Å²) in [6.07, 6.45) is 2.08. The van der Waals surface area contributed by atoms with Gasteiger partial charge in [-0.15, -0.1) is 12.4 Å². The highest BCUT2D eigenvalue weighted by molar-refractivity contribution is 7.89. The number of sulfonamides is 1. The Balaban J connectivity index is 0.00000225. The van der Waals surface area contributed by atoms with Gasteiger partial charge in [-0.25, -0.2) is 12.7 Å². The number of benzene rings is 1. The van der Waals surface area contributed by atoms with E-state index < -0.39 is 10.0 Å². The Kier molecular flexibility index (Phi) is 6.48. The van der Waals surface area contributed by atoms with E-state index in [-0.39, 0.29) is 23.2 Å². The van der Waals surface area contributed by atoms with Crippen LogP contribution in [0, 0.1) is 11.8 Å². The van der Waals surface area contributed by atoms with Crippen LogP contribution in [0.5, 0.6) is 0 Å². The highest BCUT2D eigenvalue weighted by Crippen LogP contribution is 2.27. The van der Waals surface area contributed by atoms with E-state index in [4.69, 9.17) is 0 Å². The Hall–Kier alpha value is -1.15. The first-order valence-electron chi connectivity index (χ1n) is 8.42. The number of fused-ring (bicyclic) bond motifs is 1. The smallest absolute Gasteiger partial charge is 0.253 e. The van der Waals surface area contributed by atoms with Crippen LogP contribution in [0.25, 0.3) is 0 Å². The predicted molar refractivity (Wildman–Crippen MR) is 99.6 cm³/mol. The quantitative estimate of drug-likeness (QED) is 0.851. The van der Waals surface area contributed by atoms with Gasteiger partial charge in [-0.05, 0) is 62.0 Å². The molecule has 3 rings (SSSR count). The maximum atomic E-state index is 12.7. The number of likely N-dealkylation sites (tertiary alicyclic amines) is 1. The second kappa shape index (κ2) is 8.03. The number of halogens is 1. The summed E-state index contributed by atoms with van der Waals surface area (Å²) < 4.78 is 25.4. The molecule has 6 nitrogen and oxygen atoms in total. The van der Waals surface area contributed by atoms with Gasteiger partial charge in [0, 0.05) is 32.7 Å². The Bertz CT molecular complexity index is 692. The molecule has 140 valence electrons. The molecule has 0 saturated carbocycles. The summed E-state index contributed by atoms with van der Waals surface area (Å²) in [5.41, 5.74) is 0.554. The highest BCUT2D eigenvalue weighted by atomic mass is 35.5. The normalized spacial score (nSPS) is 23.7. The lowest BCUT2D eigenvalue weighted by Crippen LogP contribution is -2.32. The molecular weight excluding hydrogens is 362 g/mol. The first kappa shape index (κ1) is 20.2. The Morgan fingerprint density at radius 3 is 2.08 bits per heavy atom. The lowest BCUT2D eigenvalue weighted by atomic mass is 9.92. The maximum absolute atomic E-state index is 12.7. The van der Waals surface area contributed by atoms with Gasteiger partial charge in [0.15, 0.2) is 0 Å². The van der Waals surface area contributed by atoms with Crippen LogP contribution in [0.1, 0.15) is 23.2 Å². The fourth-order valence-corrected chi connectivity index (χ4v) is 4.49. The molecule has 0 radical (unpaired) electrons. The van der Waals surface area contributed by atoms with Crippen molar-refractivity contribution in [2.45, 2.75) is 17.7 Å². The molecule has 0 spiro atoms. The lowest BCUT2D eigenvalue weighted by Gasteiger charge is -2.21. The zero-order valence-corrected chi connectivity index (χ0v) is 16.3. The Morgan fingerprint density at radius 1 is 1.08 bits per heavy atom. The fraction of sp³-hybridized carbons (Fsp3) is 0.588. The third-order valence-electron chi connectivity index (χ3n) is 5.19. The minimum Gasteiger partial charge on any atom is -0.339 e. The molecule has 8 heteroatoms. The van der Waals surface area contributed by atoms with E-state index in [1.54, 1.807) is 12.1 Å². The van der Waals surface area contributed by atoms with Crippen molar-refractivity contribution in [3.8, 4) is 0 Å². The van der Waals surface area contributed by atoms with Crippen molar-refractivity contribution in [2.75, 3.05) is 40.3 Å². The number of hydrogen-bond acceptors (Lipinski definition) is 4. The van der Waals surface area contributed by atoms with Gasteiger partial charge >= 0.3 is 0 Å². The van der Waals surface area contributed by atoms with Crippen LogP contribution in [-0.4, -0.2) is 63.8 Å². The van der Waals surface area contributed by atoms with E-state index in [0.29, 0.717) is 17.4 Å². The summed E-state index contributed by atoms with van der Waals surface area (Å²) in [6.45, 7) is 3.67. The number of carbonyl (C=O) groups excluding carboxylic acids is 1. The van der Waals surface area contributed by atoms with Crippen LogP contribution < -0.4 is 5.32 Å². The van der Waals surface area contributed by atoms with Crippen molar-refractivity contribution in [2.24, 2.45) is 11.8 Å². The molecule has 1 amide bonds. The molecule has 1 N–H and O–H groups in total. The van der Waals surface area contributed by atoms with Gasteiger partial charge in [0.2, 0.25) is 10.0 Å². The second-order valence-electron chi connectivity index (χ2n) is 6.86. The Labute approximate surface area is 156 Å². The molecule has 0 unspecified atom stereocenters. The number of carbonyl (C=O) groups is 1. The molecule has 0 aliphatic carbocycles. The average molecular weight is 388 g/mol. The Morgan fingerprint density at radius 2 is 1.60 bits per heavy atom. The largest absolute Gasteiger partial charge is 0.339 e. The van der Waals surface area contributed by atoms with Crippen LogP contribution >= 0.6 is 12.4 Å². The molecule has 0 bridgehead atoms. The summed E-state index contributed by atoms with van der Waals surface area (Å²) in [7, 11) is -0.464. The van der Waals surface area contributed by atoms with Gasteiger partial charge in [-0.3, -0.25) is 4.79 Å². The van der Waals surface area contributed by atoms with Crippen molar-refractivity contribution in [3.05, 3.63) is 29.8 Å². The van der Waals surface area contributed by atoms with Crippen molar-refractivity contribution in [1.82, 2.24) is 14.5 Å². The van der Waals surface area contributed by atoms with Crippen LogP contribution in [0.3, 0.4) is 0 Å². The number of hydrogen-bond donors (Lipinski definition) is 1. The van der Waals surface area contributed by atoms with E-state index >= 15 is 0 Å². The molecule has 2 fully saturated rings. The summed E-state index contributed by atoms with van der Waals surface area (Å²) >= 11 is 0. The van der Waals surface area contributed by atoms with Crippen LogP contribution in [0.4, 0.5) is 0 Å². The monoisotopic (exact) mass is 387 g/mol. The summed E-state index contributed by atoms with van der Waals surface area (Å²) in [6, 6.07) is 6.26. The zero-order valence-electron chi connectivity index (χ0n) is 14.6. The van der Waals surface area contributed by atoms with Gasteiger partial charge in [0.05, 0.1) is 4.90 Å². The van der Waals surface area contributed by atoms with Crippen LogP contribution in [-0.2, 0) is 10.0 Å². The second-order valence-corrected chi connectivity index (χ2v) is 9.01. The van der Waals surface area contributed by atoms with Crippen molar-refractivity contribution in [3.63, 3.8) is 0 Å². The molecular formula is C17H26ClN3O3S. The molecule has 2 atom stereocenters. The predicted octanol–water partition coefficient (Wildman–Crippen LogP) is 1.43. The number of amides is 1. The average Bonchev–Trinajstić information content (AvgIpc) is 2.93. The summed E-state index contributed by atoms with van der Waals surface area (Å²) in [5, 5.41) is 3.43. The minimum absolute atomic E-state index is 0. The SMILES string of the molecule is CN(C)S(=O)(=O)c1ccc(C(=O)N2CC[C@@H]3CNC[C@@H]3CC2)cc1.Cl. The topological polar surface area (TPSA) is 69.7 Å². The van der Waals surface area contributed by atoms with Crippen LogP contribution in [0.15, 0.2) is 29.2 Å². The molecule has 2 saturated heterocycles. The molecule has 2 aliphatic heterocycles. The van der Waals surface area contributed by atoms with Crippen molar-refractivity contribution >= 4 is 28.3 Å². The molecule has 1 aromatic rings. The van der Waals surface area contributed by atoms with Crippen molar-refractivity contribution in [1.29, 1.82) is 0 Å². The number of nitrogens with one attached hydrogen (secondary N) is 1. The third-order valence-corrected chi connectivity index (χ3v) is 7.02. The van der Waals surface area contributed by atoms with E-state index in [0.717, 1.165) is 39.0 Å². The van der Waals surface area contributed by atoms with E-state index in [1.807, 2.05) is 4.90 Å². The van der Waals surface area contributed by atoms with Gasteiger partial charge < -0.3 is 10.2 Å². The van der Waals surface area contributed by atoms with Gasteiger partial charge in [-0.2, -0.15) is 0 Å². The molecule has 0 aromatic heterocycles. The first-order chi connectivity index (χ1) is 11.4. The van der Waals surface area contributed by atoms with Gasteiger partial charge in [0.1, 0.15) is 0 Å². The maximum Gasteiger partial charge on any atom is 0.253 e. The van der Waals surface area contributed by atoms with Gasteiger partial charge in [-0.1, -0.05) is 0 Å². The van der Waals surface area contributed by atoms with Crippen LogP contribution in [0.2, 0.25) is 0 Å². The van der Waals surface area contributed by atoms with E-state index in [1.165, 1.54) is 30.5 Å². The summed E-state index contributed by atoms with van der Waals surface area (Å²) in [4.78, 5) is 14.8. The minimum atomic E-state index is -3.46. The summed E-state index contributed by atoms with van der Waals surface area (Å²) in [5.74, 6) is 1.35. The van der Waals surface area contributed by atoms with E-state index in [9.17, 15) is 13.2 Å². The van der Waals surface area contributed by atoms with E-state index in [2.05, 4.69) is 5.32 Å². The zero-order chi connectivity index (χ0) is 17.3. The number of rotatable bonds is 3. The highest BCUT2D eigenvalue weighted by Gasteiger charge is 2.31. The lowest BCUT2D eigenvalue weighted by molar-refractivity contribution is 0.0758. The van der Waals surface area contributed by atoms with Gasteiger partial charge in [0.25, 0.3) is 5.91 Å².